The van der Waals surface area contributed by atoms with Gasteiger partial charge in [0.1, 0.15) is 11.5 Å². The molecule has 0 aliphatic rings. The predicted octanol–water partition coefficient (Wildman–Crippen LogP) is 3.30. The first-order chi connectivity index (χ1) is 8.71. The van der Waals surface area contributed by atoms with E-state index in [1.165, 1.54) is 0 Å². The molecule has 2 aromatic heterocycles. The Morgan fingerprint density at radius 3 is 2.21 bits per heavy atom. The Labute approximate surface area is 113 Å². The van der Waals surface area contributed by atoms with E-state index >= 15 is 0 Å². The van der Waals surface area contributed by atoms with Crippen molar-refractivity contribution in [1.82, 2.24) is 10.1 Å². The smallest absolute Gasteiger partial charge is 0.261 e. The van der Waals surface area contributed by atoms with Gasteiger partial charge in [0.25, 0.3) is 5.89 Å². The van der Waals surface area contributed by atoms with E-state index in [0.717, 1.165) is 22.6 Å². The number of aryl methyl sites for hydroxylation is 2. The number of aromatic nitrogens is 2. The molecule has 104 valence electrons. The van der Waals surface area contributed by atoms with Crippen LogP contribution in [0.4, 0.5) is 0 Å². The standard InChI is InChI=1S/C14H21N3O2/c1-7-8(2)18-9(3)10(7)13-16-12(17-19-13)11(15)14(4,5)6/h11H,15H2,1-6H3. The second-order valence-electron chi connectivity index (χ2n) is 6.02. The number of hydrogen-bond donors (Lipinski definition) is 1. The van der Waals surface area contributed by atoms with Crippen LogP contribution >= 0.6 is 0 Å². The largest absolute Gasteiger partial charge is 0.466 e. The molecule has 0 saturated carbocycles. The molecule has 0 spiro atoms. The number of hydrogen-bond acceptors (Lipinski definition) is 5. The monoisotopic (exact) mass is 263 g/mol. The van der Waals surface area contributed by atoms with Crippen molar-refractivity contribution in [2.45, 2.75) is 47.6 Å². The molecule has 2 aromatic rings. The summed E-state index contributed by atoms with van der Waals surface area (Å²) in [5.41, 5.74) is 7.92. The van der Waals surface area contributed by atoms with Gasteiger partial charge in [-0.25, -0.2) is 0 Å². The highest BCUT2D eigenvalue weighted by molar-refractivity contribution is 5.61. The zero-order valence-electron chi connectivity index (χ0n) is 12.4. The van der Waals surface area contributed by atoms with Gasteiger partial charge in [-0.1, -0.05) is 25.9 Å². The lowest BCUT2D eigenvalue weighted by atomic mass is 9.87. The van der Waals surface area contributed by atoms with Crippen LogP contribution in [0.5, 0.6) is 0 Å². The number of furan rings is 1. The van der Waals surface area contributed by atoms with Crippen molar-refractivity contribution in [2.75, 3.05) is 0 Å². The third kappa shape index (κ3) is 2.42. The van der Waals surface area contributed by atoms with Crippen molar-refractivity contribution in [1.29, 1.82) is 0 Å². The summed E-state index contributed by atoms with van der Waals surface area (Å²) in [6, 6.07) is -0.265. The number of nitrogens with zero attached hydrogens (tertiary/aromatic N) is 2. The van der Waals surface area contributed by atoms with Gasteiger partial charge in [0.2, 0.25) is 0 Å². The van der Waals surface area contributed by atoms with Crippen LogP contribution in [0.2, 0.25) is 0 Å². The summed E-state index contributed by atoms with van der Waals surface area (Å²) in [5.74, 6) is 2.66. The first kappa shape index (κ1) is 13.8. The number of rotatable bonds is 2. The fourth-order valence-corrected chi connectivity index (χ4v) is 1.96. The third-order valence-corrected chi connectivity index (χ3v) is 3.43. The minimum absolute atomic E-state index is 0.114. The molecule has 19 heavy (non-hydrogen) atoms. The van der Waals surface area contributed by atoms with Gasteiger partial charge in [-0.05, 0) is 26.2 Å². The Bertz CT molecular complexity index is 590. The van der Waals surface area contributed by atoms with E-state index in [1.807, 2.05) is 41.5 Å². The maximum absolute atomic E-state index is 6.14. The van der Waals surface area contributed by atoms with E-state index in [4.69, 9.17) is 14.7 Å². The van der Waals surface area contributed by atoms with Crippen LogP contribution in [0.1, 0.15) is 49.7 Å². The molecule has 0 aromatic carbocycles. The Morgan fingerprint density at radius 2 is 1.74 bits per heavy atom. The van der Waals surface area contributed by atoms with Crippen LogP contribution < -0.4 is 5.73 Å². The molecule has 0 saturated heterocycles. The van der Waals surface area contributed by atoms with E-state index in [2.05, 4.69) is 10.1 Å². The second-order valence-corrected chi connectivity index (χ2v) is 6.02. The summed E-state index contributed by atoms with van der Waals surface area (Å²) in [6.45, 7) is 11.9. The molecule has 0 amide bonds. The van der Waals surface area contributed by atoms with Crippen LogP contribution in [0.25, 0.3) is 11.5 Å². The van der Waals surface area contributed by atoms with Gasteiger partial charge in [-0.3, -0.25) is 0 Å². The van der Waals surface area contributed by atoms with Gasteiger partial charge in [-0.2, -0.15) is 4.98 Å². The topological polar surface area (TPSA) is 78.1 Å². The lowest BCUT2D eigenvalue weighted by Crippen LogP contribution is -2.27. The van der Waals surface area contributed by atoms with Gasteiger partial charge in [0.05, 0.1) is 11.6 Å². The Hall–Kier alpha value is -1.62. The van der Waals surface area contributed by atoms with E-state index in [1.54, 1.807) is 0 Å². The van der Waals surface area contributed by atoms with E-state index in [9.17, 15) is 0 Å². The molecule has 2 heterocycles. The molecule has 0 aliphatic heterocycles. The Kier molecular flexibility index (Phi) is 3.26. The highest BCUT2D eigenvalue weighted by Crippen LogP contribution is 2.33. The Morgan fingerprint density at radius 1 is 1.11 bits per heavy atom. The average Bonchev–Trinajstić information content (AvgIpc) is 2.83. The number of nitrogens with two attached hydrogens (primary N) is 1. The lowest BCUT2D eigenvalue weighted by molar-refractivity contribution is 0.303. The predicted molar refractivity (Wildman–Crippen MR) is 72.6 cm³/mol. The highest BCUT2D eigenvalue weighted by atomic mass is 16.5. The molecule has 1 unspecified atom stereocenters. The molecule has 1 atom stereocenters. The van der Waals surface area contributed by atoms with Gasteiger partial charge >= 0.3 is 0 Å². The van der Waals surface area contributed by atoms with Gasteiger partial charge in [-0.15, -0.1) is 0 Å². The van der Waals surface area contributed by atoms with Crippen LogP contribution in [0, 0.1) is 26.2 Å². The average molecular weight is 263 g/mol. The van der Waals surface area contributed by atoms with E-state index in [-0.39, 0.29) is 11.5 Å². The zero-order valence-corrected chi connectivity index (χ0v) is 12.4. The maximum Gasteiger partial charge on any atom is 0.261 e. The second kappa shape index (κ2) is 4.49. The van der Waals surface area contributed by atoms with E-state index < -0.39 is 0 Å². The summed E-state index contributed by atoms with van der Waals surface area (Å²) in [5, 5.41) is 4.00. The molecule has 0 bridgehead atoms. The van der Waals surface area contributed by atoms with Crippen molar-refractivity contribution in [3.05, 3.63) is 22.9 Å². The molecule has 2 rings (SSSR count). The molecule has 5 nitrogen and oxygen atoms in total. The first-order valence-electron chi connectivity index (χ1n) is 6.38. The quantitative estimate of drug-likeness (QED) is 0.899. The fraction of sp³-hybridized carbons (Fsp3) is 0.571. The van der Waals surface area contributed by atoms with Gasteiger partial charge < -0.3 is 14.7 Å². The maximum atomic E-state index is 6.14. The highest BCUT2D eigenvalue weighted by Gasteiger charge is 2.28. The molecule has 2 N–H and O–H groups in total. The van der Waals surface area contributed by atoms with Crippen molar-refractivity contribution in [3.8, 4) is 11.5 Å². The molecular formula is C14H21N3O2. The van der Waals surface area contributed by atoms with Gasteiger partial charge in [0.15, 0.2) is 5.82 Å². The summed E-state index contributed by atoms with van der Waals surface area (Å²) in [6.07, 6.45) is 0. The van der Waals surface area contributed by atoms with Crippen LogP contribution in [-0.2, 0) is 0 Å². The fourth-order valence-electron chi connectivity index (χ4n) is 1.96. The van der Waals surface area contributed by atoms with Crippen LogP contribution in [-0.4, -0.2) is 10.1 Å². The summed E-state index contributed by atoms with van der Waals surface area (Å²) in [7, 11) is 0. The molecule has 5 heteroatoms. The first-order valence-corrected chi connectivity index (χ1v) is 6.38. The zero-order chi connectivity index (χ0) is 14.4. The van der Waals surface area contributed by atoms with Crippen molar-refractivity contribution in [2.24, 2.45) is 11.1 Å². The third-order valence-electron chi connectivity index (χ3n) is 3.43. The van der Waals surface area contributed by atoms with Crippen molar-refractivity contribution >= 4 is 0 Å². The van der Waals surface area contributed by atoms with E-state index in [0.29, 0.717) is 11.7 Å². The minimum Gasteiger partial charge on any atom is -0.466 e. The van der Waals surface area contributed by atoms with Crippen molar-refractivity contribution < 1.29 is 8.94 Å². The normalized spacial score (nSPS) is 13.8. The van der Waals surface area contributed by atoms with Crippen LogP contribution in [0.3, 0.4) is 0 Å². The van der Waals surface area contributed by atoms with Gasteiger partial charge in [0, 0.05) is 5.56 Å². The lowest BCUT2D eigenvalue weighted by Gasteiger charge is -2.23. The molecule has 0 aliphatic carbocycles. The summed E-state index contributed by atoms with van der Waals surface area (Å²) >= 11 is 0. The Balaban J connectivity index is 2.42. The molecule has 0 fully saturated rings. The molecular weight excluding hydrogens is 242 g/mol. The van der Waals surface area contributed by atoms with Crippen molar-refractivity contribution in [3.63, 3.8) is 0 Å². The van der Waals surface area contributed by atoms with Crippen LogP contribution in [0.15, 0.2) is 8.94 Å². The minimum atomic E-state index is -0.265. The summed E-state index contributed by atoms with van der Waals surface area (Å²) in [4.78, 5) is 4.42. The summed E-state index contributed by atoms with van der Waals surface area (Å²) < 4.78 is 10.9. The SMILES string of the molecule is Cc1oc(C)c(-c2nc(C(N)C(C)(C)C)no2)c1C. The molecule has 0 radical (unpaired) electrons.